The molecule has 4 aliphatic rings. The van der Waals surface area contributed by atoms with Crippen LogP contribution in [-0.2, 0) is 16.2 Å². The van der Waals surface area contributed by atoms with Gasteiger partial charge in [-0.05, 0) is 124 Å². The van der Waals surface area contributed by atoms with Crippen LogP contribution in [0.3, 0.4) is 0 Å². The van der Waals surface area contributed by atoms with Crippen molar-refractivity contribution < 1.29 is 0 Å². The van der Waals surface area contributed by atoms with E-state index < -0.39 is 0 Å². The smallest absolute Gasteiger partial charge is 0.252 e. The Labute approximate surface area is 354 Å². The van der Waals surface area contributed by atoms with E-state index in [0.717, 1.165) is 6.42 Å². The lowest BCUT2D eigenvalue weighted by atomic mass is 9.33. The Morgan fingerprint density at radius 3 is 1.68 bits per heavy atom. The number of anilines is 8. The van der Waals surface area contributed by atoms with Crippen LogP contribution in [0.4, 0.5) is 45.5 Å². The largest absolute Gasteiger partial charge is 0.335 e. The van der Waals surface area contributed by atoms with Crippen LogP contribution in [0.15, 0.2) is 133 Å². The van der Waals surface area contributed by atoms with Crippen LogP contribution in [0, 0.1) is 5.41 Å². The highest BCUT2D eigenvalue weighted by molar-refractivity contribution is 7.00. The highest BCUT2D eigenvalue weighted by Gasteiger charge is 2.62. The van der Waals surface area contributed by atoms with Gasteiger partial charge in [-0.3, -0.25) is 0 Å². The lowest BCUT2D eigenvalue weighted by molar-refractivity contribution is 0.0106. The van der Waals surface area contributed by atoms with E-state index in [1.807, 2.05) is 0 Å². The molecule has 3 heterocycles. The predicted molar refractivity (Wildman–Crippen MR) is 254 cm³/mol. The molecular weight excluding hydrogens is 713 g/mol. The molecule has 6 aromatic carbocycles. The maximum atomic E-state index is 2.81. The molecule has 6 aromatic rings. The zero-order chi connectivity index (χ0) is 41.3. The second-order valence-electron chi connectivity index (χ2n) is 21.0. The number of nitrogens with zero attached hydrogens (tertiary/aromatic N) is 3. The highest BCUT2D eigenvalue weighted by atomic mass is 15.3. The minimum absolute atomic E-state index is 0.00237. The van der Waals surface area contributed by atoms with E-state index in [9.17, 15) is 0 Å². The average molecular weight is 774 g/mol. The summed E-state index contributed by atoms with van der Waals surface area (Å²) in [7, 11) is 0. The van der Waals surface area contributed by atoms with Gasteiger partial charge in [0, 0.05) is 56.5 Å². The molecule has 3 aliphatic heterocycles. The van der Waals surface area contributed by atoms with Crippen LogP contribution in [0.1, 0.15) is 112 Å². The molecule has 0 N–H and O–H groups in total. The van der Waals surface area contributed by atoms with Gasteiger partial charge in [-0.15, -0.1) is 0 Å². The maximum Gasteiger partial charge on any atom is 0.252 e. The summed E-state index contributed by atoms with van der Waals surface area (Å²) >= 11 is 0. The molecule has 0 aromatic heterocycles. The summed E-state index contributed by atoms with van der Waals surface area (Å²) in [6, 6.07) is 51.5. The van der Waals surface area contributed by atoms with Crippen molar-refractivity contribution in [3.05, 3.63) is 150 Å². The summed E-state index contributed by atoms with van der Waals surface area (Å²) in [6.45, 7) is 24.3. The molecule has 1 aliphatic carbocycles. The Morgan fingerprint density at radius 2 is 1.02 bits per heavy atom. The molecule has 0 radical (unpaired) electrons. The zero-order valence-corrected chi connectivity index (χ0v) is 36.9. The van der Waals surface area contributed by atoms with Crippen LogP contribution in [0.25, 0.3) is 0 Å². The monoisotopic (exact) mass is 773 g/mol. The SMILES string of the molecule is CC(C)(C)c1ccc(N2c3ccc(C(C)(C)C)cc3B3c4ccccc4N(c4ccccc4)c4cc(N5c6ccccc6C(C)(C)C6(C)CCCCC56C)cc2c43)cc1. The molecule has 4 heteroatoms. The predicted octanol–water partition coefficient (Wildman–Crippen LogP) is 13.1. The van der Waals surface area contributed by atoms with E-state index in [4.69, 9.17) is 0 Å². The van der Waals surface area contributed by atoms with Gasteiger partial charge in [-0.1, -0.05) is 154 Å². The van der Waals surface area contributed by atoms with Crippen LogP contribution >= 0.6 is 0 Å². The molecule has 10 rings (SSSR count). The summed E-state index contributed by atoms with van der Waals surface area (Å²) in [5, 5.41) is 0. The first kappa shape index (κ1) is 38.0. The Bertz CT molecular complexity index is 2610. The standard InChI is InChI=1S/C55H60BN3/c1-51(2,3)37-26-29-40(30-27-37)58-47-31-28-38(52(4,5)6)34-44(47)56-43-23-15-17-25-46(43)57(39-20-12-11-13-21-39)48-35-41(36-49(58)50(48)56)59-45-24-16-14-22-42(45)53(7,8)54(9)32-18-19-33-55(54,59)10/h11-17,20-31,34-36H,18-19,32-33H2,1-10H3. The number of rotatable bonds is 3. The fourth-order valence-corrected chi connectivity index (χ4v) is 11.8. The summed E-state index contributed by atoms with van der Waals surface area (Å²) in [6.07, 6.45) is 4.87. The molecule has 0 bridgehead atoms. The van der Waals surface area contributed by atoms with E-state index in [-0.39, 0.29) is 33.9 Å². The average Bonchev–Trinajstić information content (AvgIpc) is 3.21. The Morgan fingerprint density at radius 1 is 0.475 bits per heavy atom. The molecule has 0 amide bonds. The molecule has 298 valence electrons. The van der Waals surface area contributed by atoms with E-state index in [1.54, 1.807) is 0 Å². The van der Waals surface area contributed by atoms with Crippen molar-refractivity contribution in [1.29, 1.82) is 0 Å². The third-order valence-electron chi connectivity index (χ3n) is 15.6. The Kier molecular flexibility index (Phi) is 8.31. The van der Waals surface area contributed by atoms with Crippen molar-refractivity contribution in [1.82, 2.24) is 0 Å². The van der Waals surface area contributed by atoms with E-state index in [0.29, 0.717) is 0 Å². The van der Waals surface area contributed by atoms with Crippen molar-refractivity contribution in [3.63, 3.8) is 0 Å². The van der Waals surface area contributed by atoms with Gasteiger partial charge < -0.3 is 14.7 Å². The summed E-state index contributed by atoms with van der Waals surface area (Å²) in [4.78, 5) is 7.98. The first-order chi connectivity index (χ1) is 28.0. The number of hydrogen-bond acceptors (Lipinski definition) is 3. The molecule has 1 fully saturated rings. The molecule has 59 heavy (non-hydrogen) atoms. The van der Waals surface area contributed by atoms with Crippen molar-refractivity contribution in [2.24, 2.45) is 5.41 Å². The number of para-hydroxylation sites is 3. The lowest BCUT2D eigenvalue weighted by Crippen LogP contribution is -2.67. The molecule has 0 spiro atoms. The van der Waals surface area contributed by atoms with Gasteiger partial charge in [0.15, 0.2) is 0 Å². The lowest BCUT2D eigenvalue weighted by Gasteiger charge is -2.66. The number of hydrogen-bond donors (Lipinski definition) is 0. The summed E-state index contributed by atoms with van der Waals surface area (Å²) in [5.41, 5.74) is 18.3. The fraction of sp³-hybridized carbons (Fsp3) is 0.345. The van der Waals surface area contributed by atoms with Crippen LogP contribution in [0.2, 0.25) is 0 Å². The number of benzene rings is 6. The second kappa shape index (κ2) is 12.9. The molecule has 0 saturated heterocycles. The van der Waals surface area contributed by atoms with Crippen molar-refractivity contribution in [2.75, 3.05) is 14.7 Å². The third-order valence-corrected chi connectivity index (χ3v) is 15.6. The summed E-state index contributed by atoms with van der Waals surface area (Å²) in [5.74, 6) is 0. The second-order valence-corrected chi connectivity index (χ2v) is 21.0. The van der Waals surface area contributed by atoms with Crippen LogP contribution in [0.5, 0.6) is 0 Å². The molecule has 2 unspecified atom stereocenters. The highest BCUT2D eigenvalue weighted by Crippen LogP contribution is 2.65. The summed E-state index contributed by atoms with van der Waals surface area (Å²) < 4.78 is 0. The minimum Gasteiger partial charge on any atom is -0.335 e. The van der Waals surface area contributed by atoms with E-state index in [2.05, 4.69) is 217 Å². The topological polar surface area (TPSA) is 9.72 Å². The molecule has 3 nitrogen and oxygen atoms in total. The van der Waals surface area contributed by atoms with Gasteiger partial charge in [0.1, 0.15) is 0 Å². The van der Waals surface area contributed by atoms with Crippen molar-refractivity contribution >= 4 is 68.6 Å². The van der Waals surface area contributed by atoms with Crippen molar-refractivity contribution in [3.8, 4) is 0 Å². The molecule has 1 saturated carbocycles. The number of fused-ring (bicyclic) bond motifs is 6. The fourth-order valence-electron chi connectivity index (χ4n) is 11.8. The Hall–Kier alpha value is -5.22. The Balaban J connectivity index is 1.33. The van der Waals surface area contributed by atoms with Gasteiger partial charge in [0.05, 0.1) is 0 Å². The first-order valence-corrected chi connectivity index (χ1v) is 22.1. The maximum absolute atomic E-state index is 2.81. The molecular formula is C55H60BN3. The van der Waals surface area contributed by atoms with E-state index >= 15 is 0 Å². The third kappa shape index (κ3) is 5.40. The van der Waals surface area contributed by atoms with Gasteiger partial charge in [-0.25, -0.2) is 0 Å². The molecule has 2 atom stereocenters. The van der Waals surface area contributed by atoms with Crippen LogP contribution < -0.4 is 31.1 Å². The van der Waals surface area contributed by atoms with Crippen LogP contribution in [-0.4, -0.2) is 12.3 Å². The van der Waals surface area contributed by atoms with Gasteiger partial charge in [0.25, 0.3) is 6.71 Å². The van der Waals surface area contributed by atoms with Gasteiger partial charge in [-0.2, -0.15) is 0 Å². The van der Waals surface area contributed by atoms with Gasteiger partial charge >= 0.3 is 0 Å². The van der Waals surface area contributed by atoms with E-state index in [1.165, 1.54) is 97.8 Å². The quantitative estimate of drug-likeness (QED) is 0.166. The van der Waals surface area contributed by atoms with Crippen molar-refractivity contribution in [2.45, 2.75) is 117 Å². The van der Waals surface area contributed by atoms with Gasteiger partial charge in [0.2, 0.25) is 0 Å². The first-order valence-electron chi connectivity index (χ1n) is 22.1. The minimum atomic E-state index is -0.110. The zero-order valence-electron chi connectivity index (χ0n) is 36.9. The normalized spacial score (nSPS) is 21.6.